The molecule has 1 aliphatic heterocycles. The van der Waals surface area contributed by atoms with E-state index in [1.165, 1.54) is 0 Å². The quantitative estimate of drug-likeness (QED) is 0.505. The van der Waals surface area contributed by atoms with Crippen LogP contribution in [0.15, 0.2) is 0 Å². The predicted octanol–water partition coefficient (Wildman–Crippen LogP) is 1.85. The number of rotatable bonds is 0. The Hall–Kier alpha value is 0.630. The van der Waals surface area contributed by atoms with Crippen LogP contribution < -0.4 is 5.32 Å². The fourth-order valence-corrected chi connectivity index (χ4v) is 1.83. The molecule has 1 N–H and O–H groups in total. The van der Waals surface area contributed by atoms with E-state index < -0.39 is 15.2 Å². The number of piperidine rings is 1. The van der Waals surface area contributed by atoms with Crippen molar-refractivity contribution in [3.05, 3.63) is 0 Å². The lowest BCUT2D eigenvalue weighted by atomic mass is 10.1. The van der Waals surface area contributed by atoms with Gasteiger partial charge in [-0.3, -0.25) is 4.79 Å². The van der Waals surface area contributed by atoms with E-state index in [0.717, 1.165) is 0 Å². The molecule has 2 nitrogen and oxygen atoms in total. The van der Waals surface area contributed by atoms with Crippen LogP contribution in [0, 0.1) is 0 Å². The molecule has 0 bridgehead atoms. The summed E-state index contributed by atoms with van der Waals surface area (Å²) >= 11 is 22.6. The summed E-state index contributed by atoms with van der Waals surface area (Å²) in [4.78, 5) is 10.8. The molecule has 64 valence electrons. The van der Waals surface area contributed by atoms with Gasteiger partial charge in [-0.15, -0.1) is 11.6 Å². The highest BCUT2D eigenvalue weighted by atomic mass is 35.5. The smallest absolute Gasteiger partial charge is 0.239 e. The highest BCUT2D eigenvalue weighted by Crippen LogP contribution is 2.37. The van der Waals surface area contributed by atoms with Crippen LogP contribution >= 0.6 is 46.4 Å². The van der Waals surface area contributed by atoms with Crippen LogP contribution in [0.3, 0.4) is 0 Å². The van der Waals surface area contributed by atoms with Crippen molar-refractivity contribution >= 4 is 52.3 Å². The van der Waals surface area contributed by atoms with Gasteiger partial charge in [-0.25, -0.2) is 0 Å². The topological polar surface area (TPSA) is 29.1 Å². The molecule has 2 atom stereocenters. The largest absolute Gasteiger partial charge is 0.336 e. The molecule has 0 spiro atoms. The first-order chi connectivity index (χ1) is 4.93. The van der Waals surface area contributed by atoms with Gasteiger partial charge in [0.15, 0.2) is 4.33 Å². The molecule has 11 heavy (non-hydrogen) atoms. The monoisotopic (exact) mass is 235 g/mol. The van der Waals surface area contributed by atoms with Crippen LogP contribution in [0.4, 0.5) is 0 Å². The Kier molecular flexibility index (Phi) is 2.80. The summed E-state index contributed by atoms with van der Waals surface area (Å²) in [7, 11) is 0. The maximum absolute atomic E-state index is 10.8. The molecule has 0 saturated carbocycles. The van der Waals surface area contributed by atoms with Gasteiger partial charge in [-0.2, -0.15) is 0 Å². The van der Waals surface area contributed by atoms with Crippen molar-refractivity contribution in [2.75, 3.05) is 0 Å². The lowest BCUT2D eigenvalue weighted by Gasteiger charge is -2.32. The Morgan fingerprint density at radius 3 is 2.45 bits per heavy atom. The zero-order chi connectivity index (χ0) is 8.65. The number of alkyl halides is 4. The van der Waals surface area contributed by atoms with E-state index in [1.54, 1.807) is 0 Å². The standard InChI is InChI=1S/C5H5Cl4NO/c6-2-1-5(8,9)4(7)10-3(2)11/h2,4H,1H2,(H,10,11). The minimum Gasteiger partial charge on any atom is -0.336 e. The Morgan fingerprint density at radius 2 is 2.00 bits per heavy atom. The fourth-order valence-electron chi connectivity index (χ4n) is 0.756. The van der Waals surface area contributed by atoms with Gasteiger partial charge in [-0.05, 0) is 0 Å². The predicted molar refractivity (Wildman–Crippen MR) is 46.5 cm³/mol. The minimum absolute atomic E-state index is 0.164. The number of halogens is 4. The van der Waals surface area contributed by atoms with E-state index in [1.807, 2.05) is 0 Å². The van der Waals surface area contributed by atoms with Gasteiger partial charge >= 0.3 is 0 Å². The summed E-state index contributed by atoms with van der Waals surface area (Å²) in [6, 6.07) is 0. The average Bonchev–Trinajstić information content (AvgIpc) is 1.83. The molecule has 1 heterocycles. The Labute approximate surface area is 84.1 Å². The molecular weight excluding hydrogens is 232 g/mol. The number of hydrogen-bond donors (Lipinski definition) is 1. The molecular formula is C5H5Cl4NO. The van der Waals surface area contributed by atoms with E-state index in [4.69, 9.17) is 46.4 Å². The van der Waals surface area contributed by atoms with Crippen molar-refractivity contribution < 1.29 is 4.79 Å². The molecule has 1 fully saturated rings. The molecule has 1 saturated heterocycles. The number of carbonyl (C=O) groups is 1. The maximum atomic E-state index is 10.8. The molecule has 0 aromatic rings. The molecule has 6 heteroatoms. The summed E-state index contributed by atoms with van der Waals surface area (Å²) in [6.07, 6.45) is 0.164. The number of nitrogens with one attached hydrogen (secondary N) is 1. The fraction of sp³-hybridized carbons (Fsp3) is 0.800. The number of amides is 1. The third-order valence-corrected chi connectivity index (χ3v) is 3.18. The Balaban J connectivity index is 2.70. The third kappa shape index (κ3) is 2.05. The molecule has 0 radical (unpaired) electrons. The average molecular weight is 237 g/mol. The van der Waals surface area contributed by atoms with Gasteiger partial charge in [0.1, 0.15) is 10.9 Å². The summed E-state index contributed by atoms with van der Waals surface area (Å²) in [6.45, 7) is 0. The van der Waals surface area contributed by atoms with Crippen LogP contribution in [-0.2, 0) is 4.79 Å². The summed E-state index contributed by atoms with van der Waals surface area (Å²) in [5, 5.41) is 1.66. The van der Waals surface area contributed by atoms with Crippen LogP contribution in [0.2, 0.25) is 0 Å². The molecule has 0 aliphatic carbocycles. The van der Waals surface area contributed by atoms with Gasteiger partial charge in [0.05, 0.1) is 0 Å². The van der Waals surface area contributed by atoms with Crippen LogP contribution in [0.1, 0.15) is 6.42 Å². The first-order valence-corrected chi connectivity index (χ1v) is 4.53. The second-order valence-electron chi connectivity index (χ2n) is 2.30. The first-order valence-electron chi connectivity index (χ1n) is 2.90. The third-order valence-electron chi connectivity index (χ3n) is 1.38. The lowest BCUT2D eigenvalue weighted by Crippen LogP contribution is -2.52. The van der Waals surface area contributed by atoms with Crippen molar-refractivity contribution in [2.24, 2.45) is 0 Å². The zero-order valence-electron chi connectivity index (χ0n) is 5.28. The van der Waals surface area contributed by atoms with Crippen molar-refractivity contribution in [1.29, 1.82) is 0 Å². The molecule has 0 aromatic carbocycles. The van der Waals surface area contributed by atoms with Gasteiger partial charge in [0.25, 0.3) is 0 Å². The summed E-state index contributed by atoms with van der Waals surface area (Å²) < 4.78 is -1.16. The lowest BCUT2D eigenvalue weighted by molar-refractivity contribution is -0.122. The van der Waals surface area contributed by atoms with Crippen molar-refractivity contribution in [1.82, 2.24) is 5.32 Å². The number of hydrogen-bond acceptors (Lipinski definition) is 1. The second-order valence-corrected chi connectivity index (χ2v) is 4.81. The van der Waals surface area contributed by atoms with Gasteiger partial charge in [0.2, 0.25) is 5.91 Å². The highest BCUT2D eigenvalue weighted by molar-refractivity contribution is 6.53. The molecule has 1 aliphatic rings. The van der Waals surface area contributed by atoms with Crippen molar-refractivity contribution in [2.45, 2.75) is 21.6 Å². The minimum atomic E-state index is -1.16. The van der Waals surface area contributed by atoms with Gasteiger partial charge in [0, 0.05) is 6.42 Å². The van der Waals surface area contributed by atoms with Crippen LogP contribution in [-0.4, -0.2) is 21.1 Å². The molecule has 0 aromatic heterocycles. The summed E-state index contributed by atoms with van der Waals surface area (Å²) in [5.74, 6) is -0.330. The Morgan fingerprint density at radius 1 is 1.45 bits per heavy atom. The maximum Gasteiger partial charge on any atom is 0.239 e. The zero-order valence-corrected chi connectivity index (χ0v) is 8.31. The highest BCUT2D eigenvalue weighted by Gasteiger charge is 2.43. The van der Waals surface area contributed by atoms with Crippen molar-refractivity contribution in [3.63, 3.8) is 0 Å². The van der Waals surface area contributed by atoms with Crippen LogP contribution in [0.25, 0.3) is 0 Å². The van der Waals surface area contributed by atoms with E-state index in [2.05, 4.69) is 5.32 Å². The van der Waals surface area contributed by atoms with Gasteiger partial charge < -0.3 is 5.32 Å². The van der Waals surface area contributed by atoms with Crippen molar-refractivity contribution in [3.8, 4) is 0 Å². The Bertz CT molecular complexity index is 183. The SMILES string of the molecule is O=C1NC(Cl)C(Cl)(Cl)CC1Cl. The summed E-state index contributed by atoms with van der Waals surface area (Å²) in [5.41, 5.74) is -0.770. The second kappa shape index (κ2) is 3.17. The molecule has 1 rings (SSSR count). The normalized spacial score (nSPS) is 36.5. The van der Waals surface area contributed by atoms with E-state index in [-0.39, 0.29) is 12.3 Å². The van der Waals surface area contributed by atoms with Gasteiger partial charge in [-0.1, -0.05) is 34.8 Å². The van der Waals surface area contributed by atoms with E-state index in [0.29, 0.717) is 0 Å². The van der Waals surface area contributed by atoms with E-state index in [9.17, 15) is 4.79 Å². The van der Waals surface area contributed by atoms with E-state index >= 15 is 0 Å². The molecule has 2 unspecified atom stereocenters. The number of carbonyl (C=O) groups excluding carboxylic acids is 1. The first kappa shape index (κ1) is 9.72. The van der Waals surface area contributed by atoms with Crippen LogP contribution in [0.5, 0.6) is 0 Å². The molecule has 1 amide bonds.